The van der Waals surface area contributed by atoms with Crippen LogP contribution in [0.25, 0.3) is 0 Å². The summed E-state index contributed by atoms with van der Waals surface area (Å²) in [7, 11) is 0. The first-order valence-corrected chi connectivity index (χ1v) is 5.45. The zero-order valence-corrected chi connectivity index (χ0v) is 10.1. The molecule has 0 spiro atoms. The van der Waals surface area contributed by atoms with Crippen molar-refractivity contribution in [2.45, 2.75) is 6.92 Å². The molecule has 0 saturated heterocycles. The molecule has 0 aliphatic carbocycles. The predicted molar refractivity (Wildman–Crippen MR) is 75.6 cm³/mol. The zero-order valence-electron chi connectivity index (χ0n) is 9.24. The second-order valence-electron chi connectivity index (χ2n) is 3.39. The Bertz CT molecular complexity index is 541. The maximum Gasteiger partial charge on any atom is 0.221 e. The van der Waals surface area contributed by atoms with Gasteiger partial charge in [0, 0.05) is 0 Å². The average molecular weight is 242 g/mol. The first kappa shape index (κ1) is 11.5. The first-order valence-electron chi connectivity index (χ1n) is 5.05. The number of amidine groups is 1. The minimum Gasteiger partial charge on any atom is -0.231 e. The number of nitrogens with zero attached hydrogens (tertiary/aromatic N) is 4. The molecule has 4 nitrogen and oxygen atoms in total. The summed E-state index contributed by atoms with van der Waals surface area (Å²) < 4.78 is 0. The van der Waals surface area contributed by atoms with Crippen LogP contribution >= 0.6 is 12.2 Å². The fourth-order valence-corrected chi connectivity index (χ4v) is 1.36. The van der Waals surface area contributed by atoms with E-state index in [0.717, 1.165) is 0 Å². The van der Waals surface area contributed by atoms with Gasteiger partial charge in [0.15, 0.2) is 5.84 Å². The molecule has 17 heavy (non-hydrogen) atoms. The van der Waals surface area contributed by atoms with Crippen LogP contribution in [0.1, 0.15) is 5.56 Å². The van der Waals surface area contributed by atoms with Gasteiger partial charge < -0.3 is 0 Å². The molecule has 0 saturated carbocycles. The molecule has 0 amide bonds. The minimum absolute atomic E-state index is 0.313. The summed E-state index contributed by atoms with van der Waals surface area (Å²) in [6.07, 6.45) is 3.01. The van der Waals surface area contributed by atoms with Crippen molar-refractivity contribution in [3.8, 4) is 0 Å². The summed E-state index contributed by atoms with van der Waals surface area (Å²) in [6.45, 7) is 2.08. The molecule has 0 radical (unpaired) electrons. The zero-order chi connectivity index (χ0) is 12.1. The Labute approximate surface area is 105 Å². The highest BCUT2D eigenvalue weighted by Crippen LogP contribution is 2.00. The number of fused-ring (bicyclic) bond motifs is 1. The average Bonchev–Trinajstić information content (AvgIpc) is 2.78. The van der Waals surface area contributed by atoms with E-state index in [4.69, 9.17) is 12.2 Å². The summed E-state index contributed by atoms with van der Waals surface area (Å²) in [5.41, 5.74) is 2.01. The topological polar surface area (TPSA) is 49.4 Å². The highest BCUT2D eigenvalue weighted by Gasteiger charge is 2.13. The molecule has 2 aliphatic heterocycles. The van der Waals surface area contributed by atoms with Crippen molar-refractivity contribution in [3.63, 3.8) is 0 Å². The Kier molecular flexibility index (Phi) is 3.62. The van der Waals surface area contributed by atoms with Crippen LogP contribution in [0.3, 0.4) is 0 Å². The van der Waals surface area contributed by atoms with Crippen molar-refractivity contribution in [2.24, 2.45) is 20.0 Å². The van der Waals surface area contributed by atoms with E-state index in [0.29, 0.717) is 16.7 Å². The maximum absolute atomic E-state index is 4.72. The van der Waals surface area contributed by atoms with E-state index >= 15 is 0 Å². The van der Waals surface area contributed by atoms with E-state index < -0.39 is 0 Å². The van der Waals surface area contributed by atoms with E-state index in [-0.39, 0.29) is 0 Å². The molecule has 2 aliphatic rings. The second-order valence-corrected chi connectivity index (χ2v) is 3.75. The largest absolute Gasteiger partial charge is 0.231 e. The molecule has 0 fully saturated rings. The number of benzene rings is 1. The van der Waals surface area contributed by atoms with Crippen molar-refractivity contribution >= 4 is 41.4 Å². The molecule has 0 N–H and O–H groups in total. The first-order chi connectivity index (χ1) is 8.25. The lowest BCUT2D eigenvalue weighted by Crippen LogP contribution is -2.15. The van der Waals surface area contributed by atoms with Crippen LogP contribution in [0.4, 0.5) is 0 Å². The molecular formula is C12H10N4S. The summed E-state index contributed by atoms with van der Waals surface area (Å²) in [4.78, 5) is 15.4. The van der Waals surface area contributed by atoms with Crippen molar-refractivity contribution in [1.29, 1.82) is 0 Å². The number of rotatable bonds is 0. The Morgan fingerprint density at radius 3 is 2.47 bits per heavy atom. The van der Waals surface area contributed by atoms with Gasteiger partial charge in [0.2, 0.25) is 5.11 Å². The number of hydrogen-bond acceptors (Lipinski definition) is 3. The molecule has 0 unspecified atom stereocenters. The van der Waals surface area contributed by atoms with Gasteiger partial charge in [-0.3, -0.25) is 0 Å². The Balaban J connectivity index is 0.000000136. The van der Waals surface area contributed by atoms with E-state index in [2.05, 4.69) is 39.0 Å². The van der Waals surface area contributed by atoms with Gasteiger partial charge in [-0.05, 0) is 19.1 Å². The maximum atomic E-state index is 4.72. The molecule has 1 aromatic rings. The number of hydrogen-bond donors (Lipinski definition) is 0. The van der Waals surface area contributed by atoms with Gasteiger partial charge in [0.1, 0.15) is 12.1 Å². The standard InChI is InChI=1S/C7H8.C5H2N4S/c1-7-5-3-2-4-6-7;10-5-6-1-3-4(9-5)8-2-7-3/h2-6H,1H3;1-2H. The smallest absolute Gasteiger partial charge is 0.221 e. The van der Waals surface area contributed by atoms with Gasteiger partial charge in [-0.25, -0.2) is 15.0 Å². The van der Waals surface area contributed by atoms with Crippen LogP contribution in [0.5, 0.6) is 0 Å². The van der Waals surface area contributed by atoms with Gasteiger partial charge in [-0.1, -0.05) is 35.9 Å². The van der Waals surface area contributed by atoms with Gasteiger partial charge in [-0.15, -0.1) is 0 Å². The highest BCUT2D eigenvalue weighted by molar-refractivity contribution is 7.80. The third-order valence-electron chi connectivity index (χ3n) is 2.05. The monoisotopic (exact) mass is 242 g/mol. The van der Waals surface area contributed by atoms with Crippen LogP contribution in [0.2, 0.25) is 0 Å². The van der Waals surface area contributed by atoms with Crippen LogP contribution in [0.15, 0.2) is 50.3 Å². The van der Waals surface area contributed by atoms with Gasteiger partial charge in [0.05, 0.1) is 6.21 Å². The van der Waals surface area contributed by atoms with Crippen LogP contribution < -0.4 is 0 Å². The molecule has 5 heteroatoms. The number of aliphatic imine (C=N–C) groups is 4. The Morgan fingerprint density at radius 2 is 1.82 bits per heavy atom. The van der Waals surface area contributed by atoms with Crippen LogP contribution in [-0.4, -0.2) is 29.2 Å². The van der Waals surface area contributed by atoms with E-state index in [1.165, 1.54) is 11.9 Å². The van der Waals surface area contributed by atoms with Gasteiger partial charge in [-0.2, -0.15) is 4.99 Å². The van der Waals surface area contributed by atoms with Crippen molar-refractivity contribution in [3.05, 3.63) is 35.9 Å². The molecule has 3 rings (SSSR count). The molecule has 1 aromatic carbocycles. The summed E-state index contributed by atoms with van der Waals surface area (Å²) in [6, 6.07) is 10.3. The highest BCUT2D eigenvalue weighted by atomic mass is 32.1. The normalized spacial score (nSPS) is 15.7. The Hall–Kier alpha value is -2.01. The number of thiocarbonyl (C=S) groups is 1. The third-order valence-corrected chi connectivity index (χ3v) is 2.24. The van der Waals surface area contributed by atoms with Gasteiger partial charge >= 0.3 is 0 Å². The second kappa shape index (κ2) is 5.36. The lowest BCUT2D eigenvalue weighted by atomic mass is 10.2. The van der Waals surface area contributed by atoms with E-state index in [1.807, 2.05) is 18.2 Å². The van der Waals surface area contributed by atoms with Crippen LogP contribution in [-0.2, 0) is 0 Å². The molecule has 0 bridgehead atoms. The van der Waals surface area contributed by atoms with E-state index in [9.17, 15) is 0 Å². The van der Waals surface area contributed by atoms with Crippen LogP contribution in [0, 0.1) is 6.92 Å². The SMILES string of the molecule is Cc1ccccc1.S=C1N=CC2=NC=NC2=N1. The lowest BCUT2D eigenvalue weighted by molar-refractivity contribution is 1.48. The molecule has 0 aromatic heterocycles. The minimum atomic E-state index is 0.313. The predicted octanol–water partition coefficient (Wildman–Crippen LogP) is 2.23. The van der Waals surface area contributed by atoms with E-state index in [1.54, 1.807) is 6.21 Å². The van der Waals surface area contributed by atoms with Crippen molar-refractivity contribution < 1.29 is 0 Å². The molecular weight excluding hydrogens is 232 g/mol. The Morgan fingerprint density at radius 1 is 1.06 bits per heavy atom. The van der Waals surface area contributed by atoms with Gasteiger partial charge in [0.25, 0.3) is 0 Å². The number of aryl methyl sites for hydroxylation is 1. The molecule has 2 heterocycles. The summed E-state index contributed by atoms with van der Waals surface area (Å²) >= 11 is 4.72. The fraction of sp³-hybridized carbons (Fsp3) is 0.0833. The lowest BCUT2D eigenvalue weighted by Gasteiger charge is -1.97. The van der Waals surface area contributed by atoms with Crippen molar-refractivity contribution in [2.75, 3.05) is 0 Å². The summed E-state index contributed by atoms with van der Waals surface area (Å²) in [5.74, 6) is 0.569. The third kappa shape index (κ3) is 3.22. The molecule has 0 atom stereocenters. The van der Waals surface area contributed by atoms with Crippen molar-refractivity contribution in [1.82, 2.24) is 0 Å². The molecule has 84 valence electrons. The fourth-order valence-electron chi connectivity index (χ4n) is 1.22. The quantitative estimate of drug-likeness (QED) is 0.643. The summed E-state index contributed by atoms with van der Waals surface area (Å²) in [5, 5.41) is 0.313.